The number of carbonyl (C=O) groups excluding carboxylic acids is 1. The van der Waals surface area contributed by atoms with Crippen molar-refractivity contribution in [3.63, 3.8) is 0 Å². The molecule has 0 saturated heterocycles. The summed E-state index contributed by atoms with van der Waals surface area (Å²) in [6, 6.07) is 11.2. The Hall–Kier alpha value is -3.30. The molecule has 0 bridgehead atoms. The van der Waals surface area contributed by atoms with Gasteiger partial charge in [-0.1, -0.05) is 12.1 Å². The number of carbonyl (C=O) groups is 1. The van der Waals surface area contributed by atoms with Crippen molar-refractivity contribution < 1.29 is 22.0 Å². The van der Waals surface area contributed by atoms with E-state index < -0.39 is 26.4 Å². The quantitative estimate of drug-likeness (QED) is 0.488. The molecule has 2 aromatic carbocycles. The second-order valence-corrected chi connectivity index (χ2v) is 8.50. The minimum atomic E-state index is -4.07. The zero-order chi connectivity index (χ0) is 21.3. The maximum atomic E-state index is 13.4. The smallest absolute Gasteiger partial charge is 0.253 e. The number of amides is 1. The van der Waals surface area contributed by atoms with Crippen LogP contribution in [0, 0.1) is 11.6 Å². The highest BCUT2D eigenvalue weighted by Gasteiger charge is 2.19. The van der Waals surface area contributed by atoms with Crippen LogP contribution in [0.1, 0.15) is 15.9 Å². The highest BCUT2D eigenvalue weighted by atomic mass is 35.5. The number of nitrogens with one attached hydrogen (secondary N) is 1. The van der Waals surface area contributed by atoms with Gasteiger partial charge in [0, 0.05) is 31.2 Å². The average Bonchev–Trinajstić information content (AvgIpc) is 3.19. The van der Waals surface area contributed by atoms with Crippen LogP contribution < -0.4 is 5.32 Å². The lowest BCUT2D eigenvalue weighted by atomic mass is 10.2. The summed E-state index contributed by atoms with van der Waals surface area (Å²) in [5, 5.41) is 2.76. The summed E-state index contributed by atoms with van der Waals surface area (Å²) < 4.78 is 53.6. The van der Waals surface area contributed by atoms with Crippen molar-refractivity contribution in [3.8, 4) is 0 Å². The third-order valence-corrected chi connectivity index (χ3v) is 6.23. The van der Waals surface area contributed by atoms with E-state index in [1.165, 1.54) is 24.3 Å². The summed E-state index contributed by atoms with van der Waals surface area (Å²) in [5.74, 6) is -2.24. The lowest BCUT2D eigenvalue weighted by Crippen LogP contribution is -2.23. The van der Waals surface area contributed by atoms with Gasteiger partial charge in [0.25, 0.3) is 5.91 Å². The number of rotatable bonds is 5. The van der Waals surface area contributed by atoms with E-state index in [9.17, 15) is 22.0 Å². The van der Waals surface area contributed by atoms with Gasteiger partial charge in [0.1, 0.15) is 17.3 Å². The van der Waals surface area contributed by atoms with Crippen molar-refractivity contribution >= 4 is 33.8 Å². The Balaban J connectivity index is 0.00000272. The summed E-state index contributed by atoms with van der Waals surface area (Å²) in [5.41, 5.74) is 1.84. The van der Waals surface area contributed by atoms with Gasteiger partial charge in [0.05, 0.1) is 15.4 Å². The Morgan fingerprint density at radius 2 is 1.65 bits per heavy atom. The summed E-state index contributed by atoms with van der Waals surface area (Å²) in [7, 11) is -4.07. The molecule has 6 nitrogen and oxygen atoms in total. The Bertz CT molecular complexity index is 1340. The van der Waals surface area contributed by atoms with Gasteiger partial charge < -0.3 is 9.72 Å². The van der Waals surface area contributed by atoms with Gasteiger partial charge in [-0.15, -0.1) is 12.4 Å². The summed E-state index contributed by atoms with van der Waals surface area (Å²) >= 11 is 0. The van der Waals surface area contributed by atoms with E-state index in [-0.39, 0.29) is 29.8 Å². The van der Waals surface area contributed by atoms with Crippen LogP contribution in [-0.2, 0) is 16.4 Å². The molecule has 0 aliphatic heterocycles. The topological polar surface area (TPSA) is 80.5 Å². The molecule has 0 atom stereocenters. The van der Waals surface area contributed by atoms with Crippen molar-refractivity contribution in [2.24, 2.45) is 0 Å². The van der Waals surface area contributed by atoms with Gasteiger partial charge in [0.2, 0.25) is 9.84 Å². The molecular formula is C21H16ClF2N3O3S. The number of hydrogen-bond donors (Lipinski definition) is 1. The Morgan fingerprint density at radius 1 is 0.968 bits per heavy atom. The number of imidazole rings is 1. The van der Waals surface area contributed by atoms with Crippen molar-refractivity contribution in [3.05, 3.63) is 95.9 Å². The molecule has 0 aliphatic rings. The SMILES string of the molecule is Cl.O=C(NCc1ccc(S(=O)(=O)c2cc(F)cc(F)c2)cc1)c1ccc2nccn2c1. The number of halogens is 3. The van der Waals surface area contributed by atoms with E-state index in [4.69, 9.17) is 0 Å². The van der Waals surface area contributed by atoms with Crippen molar-refractivity contribution in [2.45, 2.75) is 16.3 Å². The molecule has 0 saturated carbocycles. The predicted octanol–water partition coefficient (Wildman–Crippen LogP) is 3.80. The van der Waals surface area contributed by atoms with Crippen LogP contribution in [0.2, 0.25) is 0 Å². The van der Waals surface area contributed by atoms with Crippen LogP contribution in [0.5, 0.6) is 0 Å². The van der Waals surface area contributed by atoms with Crippen LogP contribution in [-0.4, -0.2) is 23.7 Å². The predicted molar refractivity (Wildman–Crippen MR) is 112 cm³/mol. The van der Waals surface area contributed by atoms with E-state index >= 15 is 0 Å². The van der Waals surface area contributed by atoms with E-state index in [1.807, 2.05) is 0 Å². The van der Waals surface area contributed by atoms with Gasteiger partial charge in [-0.2, -0.15) is 0 Å². The standard InChI is InChI=1S/C21H15F2N3O3S.ClH/c22-16-9-17(23)11-19(10-16)30(28,29)18-4-1-14(2-5-18)12-25-21(27)15-3-6-20-24-7-8-26(20)13-15;/h1-11,13H,12H2,(H,25,27);1H. The van der Waals surface area contributed by atoms with Crippen molar-refractivity contribution in [1.82, 2.24) is 14.7 Å². The van der Waals surface area contributed by atoms with E-state index in [0.717, 1.165) is 17.8 Å². The Morgan fingerprint density at radius 3 is 2.32 bits per heavy atom. The number of sulfone groups is 1. The highest BCUT2D eigenvalue weighted by molar-refractivity contribution is 7.91. The molecule has 0 aliphatic carbocycles. The van der Waals surface area contributed by atoms with E-state index in [2.05, 4.69) is 10.3 Å². The number of pyridine rings is 1. The highest BCUT2D eigenvalue weighted by Crippen LogP contribution is 2.23. The van der Waals surface area contributed by atoms with Gasteiger partial charge in [-0.3, -0.25) is 4.79 Å². The summed E-state index contributed by atoms with van der Waals surface area (Å²) in [6.45, 7) is 0.176. The molecule has 0 unspecified atom stereocenters. The van der Waals surface area contributed by atoms with Crippen molar-refractivity contribution in [2.75, 3.05) is 0 Å². The van der Waals surface area contributed by atoms with Gasteiger partial charge in [0.15, 0.2) is 0 Å². The Labute approximate surface area is 182 Å². The molecule has 160 valence electrons. The third-order valence-electron chi connectivity index (χ3n) is 4.48. The summed E-state index contributed by atoms with van der Waals surface area (Å²) in [6.07, 6.45) is 5.02. The number of benzene rings is 2. The first-order valence-electron chi connectivity index (χ1n) is 8.84. The molecule has 0 spiro atoms. The van der Waals surface area contributed by atoms with Gasteiger partial charge in [-0.05, 0) is 42.0 Å². The fourth-order valence-corrected chi connectivity index (χ4v) is 4.25. The van der Waals surface area contributed by atoms with E-state index in [0.29, 0.717) is 17.2 Å². The largest absolute Gasteiger partial charge is 0.348 e. The van der Waals surface area contributed by atoms with Crippen LogP contribution in [0.25, 0.3) is 5.65 Å². The molecule has 2 aromatic heterocycles. The molecule has 1 amide bonds. The first-order valence-corrected chi connectivity index (χ1v) is 10.3. The number of nitrogens with zero attached hydrogens (tertiary/aromatic N) is 2. The van der Waals surface area contributed by atoms with Crippen LogP contribution in [0.3, 0.4) is 0 Å². The molecule has 1 N–H and O–H groups in total. The fraction of sp³-hybridized carbons (Fsp3) is 0.0476. The fourth-order valence-electron chi connectivity index (χ4n) is 2.94. The number of aromatic nitrogens is 2. The zero-order valence-corrected chi connectivity index (χ0v) is 17.5. The monoisotopic (exact) mass is 463 g/mol. The molecule has 0 fully saturated rings. The molecular weight excluding hydrogens is 448 g/mol. The normalized spacial score (nSPS) is 11.2. The molecule has 4 aromatic rings. The Kier molecular flexibility index (Phi) is 6.37. The summed E-state index contributed by atoms with van der Waals surface area (Å²) in [4.78, 5) is 15.9. The molecule has 31 heavy (non-hydrogen) atoms. The first-order chi connectivity index (χ1) is 14.3. The second kappa shape index (κ2) is 8.83. The second-order valence-electron chi connectivity index (χ2n) is 6.55. The van der Waals surface area contributed by atoms with Crippen LogP contribution >= 0.6 is 12.4 Å². The van der Waals surface area contributed by atoms with Crippen molar-refractivity contribution in [1.29, 1.82) is 0 Å². The van der Waals surface area contributed by atoms with Gasteiger partial charge >= 0.3 is 0 Å². The lowest BCUT2D eigenvalue weighted by Gasteiger charge is -2.08. The van der Waals surface area contributed by atoms with Gasteiger partial charge in [-0.25, -0.2) is 22.2 Å². The van der Waals surface area contributed by atoms with Crippen LogP contribution in [0.15, 0.2) is 83.0 Å². The minimum absolute atomic E-state index is 0. The minimum Gasteiger partial charge on any atom is -0.348 e. The molecule has 2 heterocycles. The molecule has 10 heteroatoms. The number of fused-ring (bicyclic) bond motifs is 1. The maximum absolute atomic E-state index is 13.4. The number of hydrogen-bond acceptors (Lipinski definition) is 4. The maximum Gasteiger partial charge on any atom is 0.253 e. The molecule has 4 rings (SSSR count). The first kappa shape index (κ1) is 22.4. The van der Waals surface area contributed by atoms with Crippen LogP contribution in [0.4, 0.5) is 8.78 Å². The molecule has 0 radical (unpaired) electrons. The zero-order valence-electron chi connectivity index (χ0n) is 15.8. The third kappa shape index (κ3) is 4.73. The average molecular weight is 464 g/mol. The van der Waals surface area contributed by atoms with E-state index in [1.54, 1.807) is 35.1 Å². The lowest BCUT2D eigenvalue weighted by molar-refractivity contribution is 0.0950.